The van der Waals surface area contributed by atoms with E-state index >= 15 is 0 Å². The highest BCUT2D eigenvalue weighted by molar-refractivity contribution is 9.10. The SMILES string of the molecule is COc1ccc(Br)cc1SNc1ccc(CN2CCN(c3ccccc3OC)CC2)cc1. The van der Waals surface area contributed by atoms with Crippen LogP contribution in [0.3, 0.4) is 0 Å². The van der Waals surface area contributed by atoms with Crippen LogP contribution in [0.15, 0.2) is 76.1 Å². The van der Waals surface area contributed by atoms with Crippen LogP contribution in [0.4, 0.5) is 11.4 Å². The number of nitrogens with zero attached hydrogens (tertiary/aromatic N) is 2. The lowest BCUT2D eigenvalue weighted by Gasteiger charge is -2.36. The first-order valence-electron chi connectivity index (χ1n) is 10.6. The summed E-state index contributed by atoms with van der Waals surface area (Å²) in [7, 11) is 3.43. The molecule has 0 aliphatic carbocycles. The van der Waals surface area contributed by atoms with E-state index in [1.807, 2.05) is 24.3 Å². The van der Waals surface area contributed by atoms with Crippen molar-refractivity contribution in [3.8, 4) is 11.5 Å². The fourth-order valence-electron chi connectivity index (χ4n) is 3.82. The Morgan fingerprint density at radius 3 is 2.31 bits per heavy atom. The molecule has 0 saturated carbocycles. The molecule has 0 atom stereocenters. The summed E-state index contributed by atoms with van der Waals surface area (Å²) in [6, 6.07) is 22.9. The number of anilines is 2. The summed E-state index contributed by atoms with van der Waals surface area (Å²) in [5.41, 5.74) is 3.58. The summed E-state index contributed by atoms with van der Waals surface area (Å²) in [5.74, 6) is 1.80. The average Bonchev–Trinajstić information content (AvgIpc) is 2.84. The van der Waals surface area contributed by atoms with Gasteiger partial charge in [-0.15, -0.1) is 0 Å². The standard InChI is InChI=1S/C25H28BrN3O2S/c1-30-23-6-4-3-5-22(23)29-15-13-28(14-16-29)18-19-7-10-21(11-8-19)27-32-25-17-20(26)9-12-24(25)31-2/h3-12,17,27H,13-16,18H2,1-2H3. The zero-order chi connectivity index (χ0) is 22.3. The molecular formula is C25H28BrN3O2S. The number of nitrogens with one attached hydrogen (secondary N) is 1. The van der Waals surface area contributed by atoms with Crippen molar-refractivity contribution in [2.24, 2.45) is 0 Å². The van der Waals surface area contributed by atoms with E-state index in [-0.39, 0.29) is 0 Å². The third-order valence-electron chi connectivity index (χ3n) is 5.56. The number of benzene rings is 3. The minimum atomic E-state index is 0.856. The van der Waals surface area contributed by atoms with Crippen LogP contribution in [-0.2, 0) is 6.54 Å². The predicted molar refractivity (Wildman–Crippen MR) is 137 cm³/mol. The van der Waals surface area contributed by atoms with Crippen LogP contribution in [0.25, 0.3) is 0 Å². The second-order valence-electron chi connectivity index (χ2n) is 7.63. The summed E-state index contributed by atoms with van der Waals surface area (Å²) < 4.78 is 15.4. The molecule has 0 bridgehead atoms. The second-order valence-corrected chi connectivity index (χ2v) is 9.40. The molecule has 1 aliphatic heterocycles. The van der Waals surface area contributed by atoms with Gasteiger partial charge in [0.25, 0.3) is 0 Å². The Balaban J connectivity index is 1.29. The first-order valence-corrected chi connectivity index (χ1v) is 12.2. The molecular weight excluding hydrogens is 486 g/mol. The Hall–Kier alpha value is -2.35. The zero-order valence-electron chi connectivity index (χ0n) is 18.4. The first kappa shape index (κ1) is 22.8. The highest BCUT2D eigenvalue weighted by Crippen LogP contribution is 2.33. The Morgan fingerprint density at radius 2 is 1.59 bits per heavy atom. The first-order chi connectivity index (χ1) is 15.7. The van der Waals surface area contributed by atoms with E-state index < -0.39 is 0 Å². The van der Waals surface area contributed by atoms with Crippen LogP contribution in [0.1, 0.15) is 5.56 Å². The number of para-hydroxylation sites is 2. The molecule has 32 heavy (non-hydrogen) atoms. The lowest BCUT2D eigenvalue weighted by atomic mass is 10.1. The number of piperazine rings is 1. The molecule has 0 aromatic heterocycles. The predicted octanol–water partition coefficient (Wildman–Crippen LogP) is 5.91. The monoisotopic (exact) mass is 513 g/mol. The molecule has 1 aliphatic rings. The van der Waals surface area contributed by atoms with Gasteiger partial charge in [0, 0.05) is 42.9 Å². The van der Waals surface area contributed by atoms with Gasteiger partial charge in [-0.2, -0.15) is 0 Å². The molecule has 1 heterocycles. The molecule has 168 valence electrons. The van der Waals surface area contributed by atoms with Crippen molar-refractivity contribution in [2.75, 3.05) is 50.0 Å². The van der Waals surface area contributed by atoms with Crippen molar-refractivity contribution in [3.63, 3.8) is 0 Å². The van der Waals surface area contributed by atoms with Gasteiger partial charge in [-0.3, -0.25) is 4.90 Å². The van der Waals surface area contributed by atoms with Gasteiger partial charge >= 0.3 is 0 Å². The van der Waals surface area contributed by atoms with E-state index in [1.54, 1.807) is 26.2 Å². The number of hydrogen-bond donors (Lipinski definition) is 1. The Labute approximate surface area is 203 Å². The molecule has 0 radical (unpaired) electrons. The number of methoxy groups -OCH3 is 2. The maximum Gasteiger partial charge on any atom is 0.142 e. The van der Waals surface area contributed by atoms with Gasteiger partial charge in [-0.1, -0.05) is 40.2 Å². The maximum absolute atomic E-state index is 5.53. The smallest absolute Gasteiger partial charge is 0.142 e. The highest BCUT2D eigenvalue weighted by Gasteiger charge is 2.19. The van der Waals surface area contributed by atoms with Gasteiger partial charge in [0.1, 0.15) is 11.5 Å². The van der Waals surface area contributed by atoms with E-state index in [2.05, 4.69) is 72.9 Å². The highest BCUT2D eigenvalue weighted by atomic mass is 79.9. The summed E-state index contributed by atoms with van der Waals surface area (Å²) >= 11 is 5.07. The van der Waals surface area contributed by atoms with Crippen molar-refractivity contribution >= 4 is 39.3 Å². The lowest BCUT2D eigenvalue weighted by molar-refractivity contribution is 0.249. The van der Waals surface area contributed by atoms with Crippen LogP contribution in [-0.4, -0.2) is 45.3 Å². The third-order valence-corrected chi connectivity index (χ3v) is 6.93. The summed E-state index contributed by atoms with van der Waals surface area (Å²) in [4.78, 5) is 5.96. The van der Waals surface area contributed by atoms with Gasteiger partial charge < -0.3 is 19.1 Å². The minimum absolute atomic E-state index is 0.856. The lowest BCUT2D eigenvalue weighted by Crippen LogP contribution is -2.46. The molecule has 1 saturated heterocycles. The largest absolute Gasteiger partial charge is 0.496 e. The number of halogens is 1. The van der Waals surface area contributed by atoms with E-state index in [0.717, 1.165) is 59.3 Å². The summed E-state index contributed by atoms with van der Waals surface area (Å²) in [6.07, 6.45) is 0. The average molecular weight is 514 g/mol. The molecule has 3 aromatic carbocycles. The molecule has 4 rings (SSSR count). The van der Waals surface area contributed by atoms with Crippen molar-refractivity contribution in [3.05, 3.63) is 76.8 Å². The molecule has 7 heteroatoms. The Bertz CT molecular complexity index is 1020. The molecule has 5 nitrogen and oxygen atoms in total. The summed E-state index contributed by atoms with van der Waals surface area (Å²) in [6.45, 7) is 5.05. The van der Waals surface area contributed by atoms with E-state index in [4.69, 9.17) is 9.47 Å². The molecule has 1 N–H and O–H groups in total. The van der Waals surface area contributed by atoms with E-state index in [1.165, 1.54) is 11.3 Å². The Kier molecular flexibility index (Phi) is 7.84. The van der Waals surface area contributed by atoms with Crippen molar-refractivity contribution in [1.29, 1.82) is 0 Å². The van der Waals surface area contributed by atoms with Crippen molar-refractivity contribution in [2.45, 2.75) is 11.4 Å². The van der Waals surface area contributed by atoms with E-state index in [0.29, 0.717) is 0 Å². The normalized spacial score (nSPS) is 14.3. The number of hydrogen-bond acceptors (Lipinski definition) is 6. The van der Waals surface area contributed by atoms with Crippen molar-refractivity contribution in [1.82, 2.24) is 4.90 Å². The van der Waals surface area contributed by atoms with Crippen LogP contribution in [0.5, 0.6) is 11.5 Å². The van der Waals surface area contributed by atoms with Gasteiger partial charge in [0.15, 0.2) is 0 Å². The van der Waals surface area contributed by atoms with Crippen LogP contribution in [0.2, 0.25) is 0 Å². The minimum Gasteiger partial charge on any atom is -0.496 e. The van der Waals surface area contributed by atoms with Crippen LogP contribution >= 0.6 is 27.9 Å². The second kappa shape index (κ2) is 11.0. The third kappa shape index (κ3) is 5.71. The fourth-order valence-corrected chi connectivity index (χ4v) is 5.13. The van der Waals surface area contributed by atoms with Gasteiger partial charge in [-0.05, 0) is 60.0 Å². The maximum atomic E-state index is 5.53. The van der Waals surface area contributed by atoms with Crippen LogP contribution < -0.4 is 19.1 Å². The topological polar surface area (TPSA) is 37.0 Å². The van der Waals surface area contributed by atoms with Gasteiger partial charge in [-0.25, -0.2) is 0 Å². The van der Waals surface area contributed by atoms with Crippen LogP contribution in [0, 0.1) is 0 Å². The fraction of sp³-hybridized carbons (Fsp3) is 0.280. The molecule has 3 aromatic rings. The van der Waals surface area contributed by atoms with Gasteiger partial charge in [0.05, 0.1) is 24.8 Å². The number of ether oxygens (including phenoxy) is 2. The van der Waals surface area contributed by atoms with Gasteiger partial charge in [0.2, 0.25) is 0 Å². The number of rotatable bonds is 8. The zero-order valence-corrected chi connectivity index (χ0v) is 20.8. The molecule has 0 unspecified atom stereocenters. The molecule has 0 amide bonds. The quantitative estimate of drug-likeness (QED) is 0.377. The van der Waals surface area contributed by atoms with Crippen molar-refractivity contribution < 1.29 is 9.47 Å². The Morgan fingerprint density at radius 1 is 0.875 bits per heavy atom. The summed E-state index contributed by atoms with van der Waals surface area (Å²) in [5, 5.41) is 0. The molecule has 0 spiro atoms. The van der Waals surface area contributed by atoms with E-state index in [9.17, 15) is 0 Å². The molecule has 1 fully saturated rings.